The predicted octanol–water partition coefficient (Wildman–Crippen LogP) is 3.41. The summed E-state index contributed by atoms with van der Waals surface area (Å²) in [5, 5.41) is 8.40. The second kappa shape index (κ2) is 5.44. The Morgan fingerprint density at radius 1 is 1.53 bits per heavy atom. The monoisotopic (exact) mass is 308 g/mol. The van der Waals surface area contributed by atoms with E-state index in [0.717, 1.165) is 0 Å². The standard InChI is InChI=1S/C11H11BrF2O3/c1-17-9-3-2-7(6-8(9)12)11(13,14)5-4-10(15)16/h2-3,6H,4-5H2,1H3,(H,15,16). The van der Waals surface area contributed by atoms with Crippen LogP contribution in [0.4, 0.5) is 8.78 Å². The topological polar surface area (TPSA) is 46.5 Å². The van der Waals surface area contributed by atoms with Crippen LogP contribution in [0.5, 0.6) is 5.75 Å². The molecule has 0 atom stereocenters. The number of ether oxygens (including phenoxy) is 1. The molecule has 1 aromatic rings. The molecule has 3 nitrogen and oxygen atoms in total. The number of carboxylic acid groups (broad SMARTS) is 1. The van der Waals surface area contributed by atoms with Gasteiger partial charge in [-0.1, -0.05) is 0 Å². The van der Waals surface area contributed by atoms with Crippen molar-refractivity contribution in [2.24, 2.45) is 0 Å². The Morgan fingerprint density at radius 3 is 2.65 bits per heavy atom. The van der Waals surface area contributed by atoms with Crippen molar-refractivity contribution in [3.05, 3.63) is 28.2 Å². The van der Waals surface area contributed by atoms with Crippen LogP contribution in [0.2, 0.25) is 0 Å². The lowest BCUT2D eigenvalue weighted by Gasteiger charge is -2.16. The zero-order valence-corrected chi connectivity index (χ0v) is 10.6. The third kappa shape index (κ3) is 3.66. The highest BCUT2D eigenvalue weighted by Crippen LogP contribution is 2.36. The van der Waals surface area contributed by atoms with Gasteiger partial charge in [-0.05, 0) is 34.1 Å². The van der Waals surface area contributed by atoms with Crippen molar-refractivity contribution >= 4 is 21.9 Å². The minimum Gasteiger partial charge on any atom is -0.496 e. The summed E-state index contributed by atoms with van der Waals surface area (Å²) in [7, 11) is 1.43. The summed E-state index contributed by atoms with van der Waals surface area (Å²) in [6.07, 6.45) is -1.29. The van der Waals surface area contributed by atoms with E-state index in [9.17, 15) is 13.6 Å². The van der Waals surface area contributed by atoms with Gasteiger partial charge in [0.25, 0.3) is 5.92 Å². The molecule has 1 N–H and O–H groups in total. The molecule has 0 spiro atoms. The Balaban J connectivity index is 2.90. The molecule has 17 heavy (non-hydrogen) atoms. The number of benzene rings is 1. The Hall–Kier alpha value is -1.17. The molecule has 1 aromatic carbocycles. The van der Waals surface area contributed by atoms with E-state index in [1.54, 1.807) is 0 Å². The minimum absolute atomic E-state index is 0.230. The number of alkyl halides is 2. The summed E-state index contributed by atoms with van der Waals surface area (Å²) in [4.78, 5) is 10.3. The van der Waals surface area contributed by atoms with Gasteiger partial charge >= 0.3 is 5.97 Å². The van der Waals surface area contributed by atoms with Gasteiger partial charge in [-0.15, -0.1) is 0 Å². The molecule has 0 aromatic heterocycles. The summed E-state index contributed by atoms with van der Waals surface area (Å²) < 4.78 is 32.5. The number of aliphatic carboxylic acids is 1. The fourth-order valence-corrected chi connectivity index (χ4v) is 1.84. The molecule has 0 heterocycles. The molecule has 0 bridgehead atoms. The van der Waals surface area contributed by atoms with Crippen LogP contribution in [0.15, 0.2) is 22.7 Å². The Kier molecular flexibility index (Phi) is 4.45. The maximum absolute atomic E-state index is 13.6. The third-order valence-corrected chi connectivity index (χ3v) is 2.85. The predicted molar refractivity (Wildman–Crippen MR) is 61.5 cm³/mol. The average molecular weight is 309 g/mol. The molecule has 1 rings (SSSR count). The number of carboxylic acids is 1. The Morgan fingerprint density at radius 2 is 2.18 bits per heavy atom. The molecule has 0 amide bonds. The van der Waals surface area contributed by atoms with E-state index >= 15 is 0 Å². The molecule has 0 aliphatic rings. The fraction of sp³-hybridized carbons (Fsp3) is 0.364. The molecular formula is C11H11BrF2O3. The molecule has 0 saturated carbocycles. The summed E-state index contributed by atoms with van der Waals surface area (Å²) in [6.45, 7) is 0. The van der Waals surface area contributed by atoms with Crippen LogP contribution in [0.25, 0.3) is 0 Å². The first kappa shape index (κ1) is 13.9. The quantitative estimate of drug-likeness (QED) is 0.906. The summed E-state index contributed by atoms with van der Waals surface area (Å²) in [5.74, 6) is -3.95. The summed E-state index contributed by atoms with van der Waals surface area (Å²) >= 11 is 3.11. The van der Waals surface area contributed by atoms with Crippen molar-refractivity contribution in [2.45, 2.75) is 18.8 Å². The number of carbonyl (C=O) groups is 1. The van der Waals surface area contributed by atoms with Crippen LogP contribution in [-0.4, -0.2) is 18.2 Å². The van der Waals surface area contributed by atoms with Crippen molar-refractivity contribution in [3.63, 3.8) is 0 Å². The zero-order valence-electron chi connectivity index (χ0n) is 9.04. The van der Waals surface area contributed by atoms with Crippen molar-refractivity contribution in [1.29, 1.82) is 0 Å². The van der Waals surface area contributed by atoms with Gasteiger partial charge in [0.05, 0.1) is 18.0 Å². The van der Waals surface area contributed by atoms with E-state index in [0.29, 0.717) is 10.2 Å². The van der Waals surface area contributed by atoms with Gasteiger partial charge in [-0.25, -0.2) is 8.78 Å². The highest BCUT2D eigenvalue weighted by atomic mass is 79.9. The highest BCUT2D eigenvalue weighted by Gasteiger charge is 2.32. The van der Waals surface area contributed by atoms with Crippen LogP contribution in [0.1, 0.15) is 18.4 Å². The first-order valence-corrected chi connectivity index (χ1v) is 5.60. The molecule has 94 valence electrons. The number of halogens is 3. The first-order valence-electron chi connectivity index (χ1n) is 4.80. The Bertz CT molecular complexity index is 421. The maximum Gasteiger partial charge on any atom is 0.303 e. The lowest BCUT2D eigenvalue weighted by Crippen LogP contribution is -2.15. The lowest BCUT2D eigenvalue weighted by atomic mass is 10.0. The average Bonchev–Trinajstić information content (AvgIpc) is 2.26. The van der Waals surface area contributed by atoms with Crippen molar-refractivity contribution in [1.82, 2.24) is 0 Å². The Labute approximate surface area is 106 Å². The number of hydrogen-bond acceptors (Lipinski definition) is 2. The van der Waals surface area contributed by atoms with Crippen LogP contribution in [0.3, 0.4) is 0 Å². The largest absolute Gasteiger partial charge is 0.496 e. The molecule has 0 saturated heterocycles. The smallest absolute Gasteiger partial charge is 0.303 e. The van der Waals surface area contributed by atoms with Gasteiger partial charge in [0, 0.05) is 12.0 Å². The van der Waals surface area contributed by atoms with E-state index in [1.165, 1.54) is 25.3 Å². The first-order chi connectivity index (χ1) is 7.86. The SMILES string of the molecule is COc1ccc(C(F)(F)CCC(=O)O)cc1Br. The fourth-order valence-electron chi connectivity index (χ4n) is 1.30. The lowest BCUT2D eigenvalue weighted by molar-refractivity contribution is -0.139. The van der Waals surface area contributed by atoms with E-state index in [1.807, 2.05) is 0 Å². The minimum atomic E-state index is -3.16. The molecule has 0 aliphatic heterocycles. The van der Waals surface area contributed by atoms with Crippen molar-refractivity contribution < 1.29 is 23.4 Å². The van der Waals surface area contributed by atoms with Gasteiger partial charge in [0.15, 0.2) is 0 Å². The zero-order chi connectivity index (χ0) is 13.1. The number of rotatable bonds is 5. The molecule has 0 radical (unpaired) electrons. The van der Waals surface area contributed by atoms with E-state index < -0.39 is 24.7 Å². The molecule has 0 fully saturated rings. The maximum atomic E-state index is 13.6. The van der Waals surface area contributed by atoms with Crippen molar-refractivity contribution in [3.8, 4) is 5.75 Å². The van der Waals surface area contributed by atoms with Gasteiger partial charge in [0.1, 0.15) is 5.75 Å². The summed E-state index contributed by atoms with van der Waals surface area (Å²) in [6, 6.07) is 3.88. The highest BCUT2D eigenvalue weighted by molar-refractivity contribution is 9.10. The number of methoxy groups -OCH3 is 1. The number of hydrogen-bond donors (Lipinski definition) is 1. The van der Waals surface area contributed by atoms with E-state index in [-0.39, 0.29) is 5.56 Å². The van der Waals surface area contributed by atoms with Gasteiger partial charge in [0.2, 0.25) is 0 Å². The second-order valence-corrected chi connectivity index (χ2v) is 4.30. The van der Waals surface area contributed by atoms with Gasteiger partial charge in [-0.2, -0.15) is 0 Å². The normalized spacial score (nSPS) is 11.3. The van der Waals surface area contributed by atoms with E-state index in [2.05, 4.69) is 15.9 Å². The molecule has 0 unspecified atom stereocenters. The van der Waals surface area contributed by atoms with Crippen LogP contribution >= 0.6 is 15.9 Å². The summed E-state index contributed by atoms with van der Waals surface area (Å²) in [5.41, 5.74) is -0.230. The third-order valence-electron chi connectivity index (χ3n) is 2.23. The molecule has 0 aliphatic carbocycles. The second-order valence-electron chi connectivity index (χ2n) is 3.45. The van der Waals surface area contributed by atoms with Gasteiger partial charge < -0.3 is 9.84 Å². The van der Waals surface area contributed by atoms with E-state index in [4.69, 9.17) is 9.84 Å². The van der Waals surface area contributed by atoms with Crippen LogP contribution < -0.4 is 4.74 Å². The molecule has 6 heteroatoms. The van der Waals surface area contributed by atoms with Gasteiger partial charge in [-0.3, -0.25) is 4.79 Å². The van der Waals surface area contributed by atoms with Crippen molar-refractivity contribution in [2.75, 3.05) is 7.11 Å². The van der Waals surface area contributed by atoms with Crippen LogP contribution in [0, 0.1) is 0 Å². The van der Waals surface area contributed by atoms with Crippen LogP contribution in [-0.2, 0) is 10.7 Å². The molecular weight excluding hydrogens is 298 g/mol.